The van der Waals surface area contributed by atoms with E-state index in [1.807, 2.05) is 6.92 Å². The minimum Gasteiger partial charge on any atom is -0.492 e. The second-order valence-corrected chi connectivity index (χ2v) is 4.95. The Bertz CT molecular complexity index is 565. The minimum atomic E-state index is -0.322. The van der Waals surface area contributed by atoms with Gasteiger partial charge in [0, 0.05) is 10.4 Å². The van der Waals surface area contributed by atoms with Crippen molar-refractivity contribution in [3.63, 3.8) is 0 Å². The number of aromatic nitrogens is 1. The highest BCUT2D eigenvalue weighted by atomic mass is 32.1. The lowest BCUT2D eigenvalue weighted by molar-refractivity contribution is 0.457. The zero-order valence-electron chi connectivity index (χ0n) is 9.11. The van der Waals surface area contributed by atoms with Gasteiger partial charge in [0.25, 0.3) is 0 Å². The molecule has 0 atom stereocenters. The Morgan fingerprint density at radius 1 is 1.53 bits per heavy atom. The van der Waals surface area contributed by atoms with E-state index in [0.717, 1.165) is 0 Å². The topological polar surface area (TPSA) is 33.1 Å². The molecule has 0 bridgehead atoms. The van der Waals surface area contributed by atoms with Crippen LogP contribution >= 0.6 is 23.6 Å². The van der Waals surface area contributed by atoms with Crippen molar-refractivity contribution in [2.45, 2.75) is 13.3 Å². The minimum absolute atomic E-state index is 0.0684. The van der Waals surface area contributed by atoms with Crippen molar-refractivity contribution in [1.29, 1.82) is 0 Å². The first-order chi connectivity index (χ1) is 8.11. The SMILES string of the molecule is CCC(=S)c1sc(-c2cccc(F)c2)nc1O. The third kappa shape index (κ3) is 2.50. The number of halogens is 1. The molecule has 2 rings (SSSR count). The number of thiocarbonyl (C=S) groups is 1. The maximum Gasteiger partial charge on any atom is 0.231 e. The summed E-state index contributed by atoms with van der Waals surface area (Å²) < 4.78 is 13.1. The lowest BCUT2D eigenvalue weighted by Crippen LogP contribution is -1.89. The molecule has 0 radical (unpaired) electrons. The number of thiazole rings is 1. The summed E-state index contributed by atoms with van der Waals surface area (Å²) in [6.45, 7) is 1.92. The van der Waals surface area contributed by atoms with Gasteiger partial charge in [0.1, 0.15) is 15.7 Å². The number of hydrogen-bond acceptors (Lipinski definition) is 4. The first-order valence-corrected chi connectivity index (χ1v) is 6.33. The van der Waals surface area contributed by atoms with Crippen molar-refractivity contribution in [2.24, 2.45) is 0 Å². The standard InChI is InChI=1S/C12H10FNOS2/c1-2-9(16)10-11(15)14-12(17-10)7-4-3-5-8(13)6-7/h3-6,15H,2H2,1H3. The summed E-state index contributed by atoms with van der Waals surface area (Å²) in [4.78, 5) is 5.28. The Morgan fingerprint density at radius 3 is 2.94 bits per heavy atom. The van der Waals surface area contributed by atoms with E-state index in [2.05, 4.69) is 4.98 Å². The molecule has 0 unspecified atom stereocenters. The number of benzene rings is 1. The Morgan fingerprint density at radius 2 is 2.29 bits per heavy atom. The van der Waals surface area contributed by atoms with E-state index in [1.54, 1.807) is 12.1 Å². The van der Waals surface area contributed by atoms with Gasteiger partial charge in [-0.1, -0.05) is 31.3 Å². The normalized spacial score (nSPS) is 10.5. The zero-order valence-corrected chi connectivity index (χ0v) is 10.7. The molecule has 0 saturated heterocycles. The van der Waals surface area contributed by atoms with Crippen LogP contribution in [0.3, 0.4) is 0 Å². The van der Waals surface area contributed by atoms with E-state index in [4.69, 9.17) is 12.2 Å². The molecule has 0 aliphatic carbocycles. The van der Waals surface area contributed by atoms with Crippen molar-refractivity contribution in [3.05, 3.63) is 35.0 Å². The maximum absolute atomic E-state index is 13.1. The monoisotopic (exact) mass is 267 g/mol. The molecule has 0 spiro atoms. The fourth-order valence-electron chi connectivity index (χ4n) is 1.40. The van der Waals surface area contributed by atoms with Gasteiger partial charge in [0.15, 0.2) is 0 Å². The molecular formula is C12H10FNOS2. The number of rotatable bonds is 3. The molecule has 1 aromatic carbocycles. The quantitative estimate of drug-likeness (QED) is 0.678. The van der Waals surface area contributed by atoms with Crippen LogP contribution in [-0.4, -0.2) is 15.0 Å². The molecule has 2 nitrogen and oxygen atoms in total. The molecule has 0 aliphatic rings. The molecule has 0 saturated carbocycles. The van der Waals surface area contributed by atoms with Crippen LogP contribution in [0.4, 0.5) is 4.39 Å². The molecule has 1 heterocycles. The van der Waals surface area contributed by atoms with E-state index < -0.39 is 0 Å². The second kappa shape index (κ2) is 4.89. The number of hydrogen-bond donors (Lipinski definition) is 1. The van der Waals surface area contributed by atoms with Crippen LogP contribution in [0.2, 0.25) is 0 Å². The highest BCUT2D eigenvalue weighted by Gasteiger charge is 2.14. The summed E-state index contributed by atoms with van der Waals surface area (Å²) in [6, 6.07) is 6.12. The van der Waals surface area contributed by atoms with E-state index in [9.17, 15) is 9.50 Å². The summed E-state index contributed by atoms with van der Waals surface area (Å²) >= 11 is 6.42. The van der Waals surface area contributed by atoms with Gasteiger partial charge in [-0.2, -0.15) is 0 Å². The largest absolute Gasteiger partial charge is 0.492 e. The lowest BCUT2D eigenvalue weighted by Gasteiger charge is -1.95. The van der Waals surface area contributed by atoms with E-state index in [0.29, 0.717) is 26.7 Å². The summed E-state index contributed by atoms with van der Waals surface area (Å²) in [5.74, 6) is -0.391. The summed E-state index contributed by atoms with van der Waals surface area (Å²) in [6.07, 6.45) is 0.674. The van der Waals surface area contributed by atoms with Crippen LogP contribution in [0.5, 0.6) is 5.88 Å². The maximum atomic E-state index is 13.1. The van der Waals surface area contributed by atoms with Crippen molar-refractivity contribution in [2.75, 3.05) is 0 Å². The van der Waals surface area contributed by atoms with Gasteiger partial charge in [0.05, 0.1) is 0 Å². The fraction of sp³-hybridized carbons (Fsp3) is 0.167. The van der Waals surface area contributed by atoms with Gasteiger partial charge in [-0.3, -0.25) is 0 Å². The molecule has 5 heteroatoms. The second-order valence-electron chi connectivity index (χ2n) is 3.46. The molecule has 2 aromatic rings. The number of aromatic hydroxyl groups is 1. The van der Waals surface area contributed by atoms with Crippen LogP contribution in [0.15, 0.2) is 24.3 Å². The smallest absolute Gasteiger partial charge is 0.231 e. The van der Waals surface area contributed by atoms with Gasteiger partial charge in [-0.25, -0.2) is 9.37 Å². The molecular weight excluding hydrogens is 257 g/mol. The highest BCUT2D eigenvalue weighted by Crippen LogP contribution is 2.33. The first kappa shape index (κ1) is 12.1. The first-order valence-electron chi connectivity index (χ1n) is 5.10. The van der Waals surface area contributed by atoms with Crippen LogP contribution in [0.1, 0.15) is 18.2 Å². The number of nitrogens with zero attached hydrogens (tertiary/aromatic N) is 1. The third-order valence-corrected chi connectivity index (χ3v) is 4.03. The van der Waals surface area contributed by atoms with Crippen LogP contribution < -0.4 is 0 Å². The van der Waals surface area contributed by atoms with Crippen molar-refractivity contribution in [1.82, 2.24) is 4.98 Å². The van der Waals surface area contributed by atoms with Crippen molar-refractivity contribution < 1.29 is 9.50 Å². The predicted octanol–water partition coefficient (Wildman–Crippen LogP) is 3.78. The molecule has 88 valence electrons. The molecule has 1 aromatic heterocycles. The van der Waals surface area contributed by atoms with Crippen LogP contribution in [0, 0.1) is 5.82 Å². The Kier molecular flexibility index (Phi) is 3.49. The summed E-state index contributed by atoms with van der Waals surface area (Å²) in [7, 11) is 0. The van der Waals surface area contributed by atoms with E-state index in [-0.39, 0.29) is 11.7 Å². The van der Waals surface area contributed by atoms with Gasteiger partial charge >= 0.3 is 0 Å². The predicted molar refractivity (Wildman–Crippen MR) is 71.2 cm³/mol. The molecule has 17 heavy (non-hydrogen) atoms. The van der Waals surface area contributed by atoms with Crippen molar-refractivity contribution >= 4 is 28.4 Å². The van der Waals surface area contributed by atoms with Gasteiger partial charge in [-0.05, 0) is 18.6 Å². The third-order valence-electron chi connectivity index (χ3n) is 2.26. The average Bonchev–Trinajstić information content (AvgIpc) is 2.70. The lowest BCUT2D eigenvalue weighted by atomic mass is 10.2. The van der Waals surface area contributed by atoms with Gasteiger partial charge in [-0.15, -0.1) is 11.3 Å². The van der Waals surface area contributed by atoms with Crippen LogP contribution in [-0.2, 0) is 0 Å². The van der Waals surface area contributed by atoms with E-state index >= 15 is 0 Å². The van der Waals surface area contributed by atoms with Gasteiger partial charge < -0.3 is 5.11 Å². The van der Waals surface area contributed by atoms with Crippen LogP contribution in [0.25, 0.3) is 10.6 Å². The highest BCUT2D eigenvalue weighted by molar-refractivity contribution is 7.81. The zero-order chi connectivity index (χ0) is 12.4. The Labute approximate surface area is 108 Å². The van der Waals surface area contributed by atoms with Gasteiger partial charge in [0.2, 0.25) is 5.88 Å². The average molecular weight is 267 g/mol. The molecule has 0 amide bonds. The fourth-order valence-corrected chi connectivity index (χ4v) is 2.58. The molecule has 0 fully saturated rings. The molecule has 0 aliphatic heterocycles. The Hall–Kier alpha value is -1.33. The summed E-state index contributed by atoms with van der Waals surface area (Å²) in [5, 5.41) is 10.3. The van der Waals surface area contributed by atoms with Crippen molar-refractivity contribution in [3.8, 4) is 16.5 Å². The summed E-state index contributed by atoms with van der Waals surface area (Å²) in [5.41, 5.74) is 0.649. The Balaban J connectivity index is 2.44. The van der Waals surface area contributed by atoms with E-state index in [1.165, 1.54) is 23.5 Å². The molecule has 1 N–H and O–H groups in total.